The van der Waals surface area contributed by atoms with Crippen LogP contribution in [0.5, 0.6) is 0 Å². The number of aryl methyl sites for hydroxylation is 2. The summed E-state index contributed by atoms with van der Waals surface area (Å²) in [4.78, 5) is 30.8. The van der Waals surface area contributed by atoms with Gasteiger partial charge < -0.3 is 10.2 Å². The summed E-state index contributed by atoms with van der Waals surface area (Å²) in [5.74, 6) is -0.422. The number of hydrogen-bond donors (Lipinski definition) is 1. The summed E-state index contributed by atoms with van der Waals surface area (Å²) < 4.78 is 0. The van der Waals surface area contributed by atoms with Crippen molar-refractivity contribution in [2.24, 2.45) is 4.99 Å². The van der Waals surface area contributed by atoms with E-state index in [1.165, 1.54) is 11.8 Å². The SMILES string of the molecule is Cc1ccc(NC(=O)C[C@@H]2SC(c3ccc(N(C)C)cc3)=NC2=O)c(C)c1. The lowest BCUT2D eigenvalue weighted by Crippen LogP contribution is -2.21. The molecule has 1 N–H and O–H groups in total. The third-order valence-electron chi connectivity index (χ3n) is 4.40. The third kappa shape index (κ3) is 4.57. The van der Waals surface area contributed by atoms with Crippen molar-refractivity contribution in [1.82, 2.24) is 0 Å². The molecule has 0 saturated heterocycles. The standard InChI is InChI=1S/C21H23N3O2S/c1-13-5-10-17(14(2)11-13)22-19(25)12-18-20(26)23-21(27-18)15-6-8-16(9-7-15)24(3)4/h5-11,18H,12H2,1-4H3,(H,22,25)/t18-/m0/s1. The lowest BCUT2D eigenvalue weighted by Gasteiger charge is -2.13. The topological polar surface area (TPSA) is 61.8 Å². The first-order valence-electron chi connectivity index (χ1n) is 8.77. The van der Waals surface area contributed by atoms with E-state index < -0.39 is 5.25 Å². The highest BCUT2D eigenvalue weighted by molar-refractivity contribution is 8.16. The minimum absolute atomic E-state index is 0.111. The zero-order valence-corrected chi connectivity index (χ0v) is 16.8. The van der Waals surface area contributed by atoms with E-state index in [-0.39, 0.29) is 18.2 Å². The quantitative estimate of drug-likeness (QED) is 0.856. The number of rotatable bonds is 5. The van der Waals surface area contributed by atoms with E-state index in [0.717, 1.165) is 28.1 Å². The highest BCUT2D eigenvalue weighted by atomic mass is 32.2. The average Bonchev–Trinajstić information content (AvgIpc) is 2.98. The second kappa shape index (κ2) is 7.96. The molecule has 1 aliphatic heterocycles. The molecule has 0 saturated carbocycles. The van der Waals surface area contributed by atoms with Gasteiger partial charge in [-0.2, -0.15) is 0 Å². The summed E-state index contributed by atoms with van der Waals surface area (Å²) in [5.41, 5.74) is 4.91. The van der Waals surface area contributed by atoms with Crippen LogP contribution in [0.15, 0.2) is 47.5 Å². The predicted molar refractivity (Wildman–Crippen MR) is 113 cm³/mol. The van der Waals surface area contributed by atoms with Crippen molar-refractivity contribution in [3.05, 3.63) is 59.2 Å². The Morgan fingerprint density at radius 3 is 2.48 bits per heavy atom. The Hall–Kier alpha value is -2.60. The summed E-state index contributed by atoms with van der Waals surface area (Å²) in [5, 5.41) is 3.10. The molecule has 0 aromatic heterocycles. The van der Waals surface area contributed by atoms with Crippen LogP contribution in [0.4, 0.5) is 11.4 Å². The van der Waals surface area contributed by atoms with Crippen LogP contribution in [-0.2, 0) is 9.59 Å². The number of thioether (sulfide) groups is 1. The fraction of sp³-hybridized carbons (Fsp3) is 0.286. The Balaban J connectivity index is 1.62. The van der Waals surface area contributed by atoms with Gasteiger partial charge in [-0.15, -0.1) is 0 Å². The minimum atomic E-state index is -0.473. The maximum Gasteiger partial charge on any atom is 0.260 e. The van der Waals surface area contributed by atoms with Crippen molar-refractivity contribution in [3.63, 3.8) is 0 Å². The highest BCUT2D eigenvalue weighted by Gasteiger charge is 2.31. The molecular weight excluding hydrogens is 358 g/mol. The third-order valence-corrected chi connectivity index (χ3v) is 5.60. The second-order valence-corrected chi connectivity index (χ2v) is 8.07. The average molecular weight is 382 g/mol. The van der Waals surface area contributed by atoms with Crippen molar-refractivity contribution in [1.29, 1.82) is 0 Å². The lowest BCUT2D eigenvalue weighted by molar-refractivity contribution is -0.121. The van der Waals surface area contributed by atoms with Gasteiger partial charge in [0.1, 0.15) is 10.3 Å². The molecule has 0 unspecified atom stereocenters. The number of carbonyl (C=O) groups excluding carboxylic acids is 2. The lowest BCUT2D eigenvalue weighted by atomic mass is 10.1. The largest absolute Gasteiger partial charge is 0.378 e. The number of anilines is 2. The van der Waals surface area contributed by atoms with E-state index in [0.29, 0.717) is 5.04 Å². The fourth-order valence-electron chi connectivity index (χ4n) is 2.87. The van der Waals surface area contributed by atoms with Crippen LogP contribution in [0.3, 0.4) is 0 Å². The van der Waals surface area contributed by atoms with Gasteiger partial charge in [-0.05, 0) is 37.6 Å². The molecule has 5 nitrogen and oxygen atoms in total. The Kier molecular flexibility index (Phi) is 5.65. The Morgan fingerprint density at radius 1 is 1.15 bits per heavy atom. The number of nitrogens with zero attached hydrogens (tertiary/aromatic N) is 2. The minimum Gasteiger partial charge on any atom is -0.378 e. The molecule has 2 aromatic carbocycles. The van der Waals surface area contributed by atoms with E-state index in [1.54, 1.807) is 0 Å². The van der Waals surface area contributed by atoms with Gasteiger partial charge in [0.15, 0.2) is 0 Å². The van der Waals surface area contributed by atoms with Gasteiger partial charge in [0, 0.05) is 37.5 Å². The number of carbonyl (C=O) groups is 2. The number of amides is 2. The monoisotopic (exact) mass is 381 g/mol. The van der Waals surface area contributed by atoms with Gasteiger partial charge >= 0.3 is 0 Å². The first kappa shape index (κ1) is 19.2. The maximum atomic E-state index is 12.4. The van der Waals surface area contributed by atoms with Crippen LogP contribution in [0, 0.1) is 13.8 Å². The van der Waals surface area contributed by atoms with E-state index in [9.17, 15) is 9.59 Å². The number of hydrogen-bond acceptors (Lipinski definition) is 4. The summed E-state index contributed by atoms with van der Waals surface area (Å²) in [7, 11) is 3.95. The Morgan fingerprint density at radius 2 is 1.85 bits per heavy atom. The summed E-state index contributed by atoms with van der Waals surface area (Å²) >= 11 is 1.36. The Labute approximate surface area is 163 Å². The molecule has 0 bridgehead atoms. The van der Waals surface area contributed by atoms with Crippen LogP contribution < -0.4 is 10.2 Å². The molecule has 1 atom stereocenters. The van der Waals surface area contributed by atoms with Crippen molar-refractivity contribution < 1.29 is 9.59 Å². The normalized spacial score (nSPS) is 16.2. The summed E-state index contributed by atoms with van der Waals surface area (Å²) in [6, 6.07) is 13.7. The molecule has 0 fully saturated rings. The summed E-state index contributed by atoms with van der Waals surface area (Å²) in [6.07, 6.45) is 0.111. The van der Waals surface area contributed by atoms with Gasteiger partial charge in [0.2, 0.25) is 5.91 Å². The van der Waals surface area contributed by atoms with Crippen LogP contribution in [0.2, 0.25) is 0 Å². The van der Waals surface area contributed by atoms with Gasteiger partial charge in [0.05, 0.1) is 0 Å². The van der Waals surface area contributed by atoms with Gasteiger partial charge in [-0.1, -0.05) is 41.6 Å². The number of nitrogens with one attached hydrogen (secondary N) is 1. The van der Waals surface area contributed by atoms with Gasteiger partial charge in [-0.25, -0.2) is 4.99 Å². The van der Waals surface area contributed by atoms with E-state index >= 15 is 0 Å². The van der Waals surface area contributed by atoms with Crippen LogP contribution >= 0.6 is 11.8 Å². The first-order valence-corrected chi connectivity index (χ1v) is 9.65. The molecule has 2 aromatic rings. The molecule has 3 rings (SSSR count). The molecule has 6 heteroatoms. The molecule has 1 aliphatic rings. The molecule has 1 heterocycles. The van der Waals surface area contributed by atoms with Crippen molar-refractivity contribution in [3.8, 4) is 0 Å². The second-order valence-electron chi connectivity index (χ2n) is 6.87. The first-order chi connectivity index (χ1) is 12.8. The van der Waals surface area contributed by atoms with E-state index in [2.05, 4.69) is 10.3 Å². The van der Waals surface area contributed by atoms with Gasteiger partial charge in [0.25, 0.3) is 5.91 Å². The molecule has 27 heavy (non-hydrogen) atoms. The van der Waals surface area contributed by atoms with Crippen molar-refractivity contribution in [2.45, 2.75) is 25.5 Å². The zero-order chi connectivity index (χ0) is 19.6. The predicted octanol–water partition coefficient (Wildman–Crippen LogP) is 3.79. The van der Waals surface area contributed by atoms with E-state index in [1.807, 2.05) is 75.3 Å². The molecule has 140 valence electrons. The smallest absolute Gasteiger partial charge is 0.260 e. The zero-order valence-electron chi connectivity index (χ0n) is 15.9. The van der Waals surface area contributed by atoms with Crippen LogP contribution in [0.25, 0.3) is 0 Å². The molecule has 0 aliphatic carbocycles. The molecule has 2 amide bonds. The van der Waals surface area contributed by atoms with Gasteiger partial charge in [-0.3, -0.25) is 9.59 Å². The fourth-order valence-corrected chi connectivity index (χ4v) is 3.94. The Bertz CT molecular complexity index is 904. The van der Waals surface area contributed by atoms with E-state index in [4.69, 9.17) is 0 Å². The molecular formula is C21H23N3O2S. The van der Waals surface area contributed by atoms with Crippen LogP contribution in [0.1, 0.15) is 23.1 Å². The van der Waals surface area contributed by atoms with Crippen LogP contribution in [-0.4, -0.2) is 36.2 Å². The molecule has 0 spiro atoms. The number of benzene rings is 2. The number of aliphatic imine (C=N–C) groups is 1. The van der Waals surface area contributed by atoms with Crippen molar-refractivity contribution >= 4 is 40.0 Å². The summed E-state index contributed by atoms with van der Waals surface area (Å²) in [6.45, 7) is 3.97. The van der Waals surface area contributed by atoms with Crippen molar-refractivity contribution in [2.75, 3.05) is 24.3 Å². The maximum absolute atomic E-state index is 12.4. The highest BCUT2D eigenvalue weighted by Crippen LogP contribution is 2.30. The molecule has 0 radical (unpaired) electrons.